The van der Waals surface area contributed by atoms with E-state index in [0.29, 0.717) is 140 Å². The van der Waals surface area contributed by atoms with Gasteiger partial charge in [0.1, 0.15) is 31.2 Å². The number of nitrogens with zero attached hydrogens (tertiary/aromatic N) is 11. The number of rotatable bonds is 34. The summed E-state index contributed by atoms with van der Waals surface area (Å²) in [6, 6.07) is -2.35. The third-order valence-electron chi connectivity index (χ3n) is 17.1. The number of unbranched alkanes of at least 4 members (excludes halogenated alkanes) is 10. The largest absolute Gasteiger partial charge is 0.481 e. The number of fused-ring (bicyclic) bond motifs is 1. The highest BCUT2D eigenvalue weighted by Gasteiger charge is 2.45. The molecule has 0 saturated carbocycles. The van der Waals surface area contributed by atoms with Crippen LogP contribution in [0.1, 0.15) is 128 Å². The zero-order valence-corrected chi connectivity index (χ0v) is 50.3. The molecule has 0 radical (unpaired) electrons. The van der Waals surface area contributed by atoms with Crippen molar-refractivity contribution in [3.05, 3.63) is 0 Å². The van der Waals surface area contributed by atoms with Gasteiger partial charge in [0.05, 0.1) is 18.6 Å². The lowest BCUT2D eigenvalue weighted by Gasteiger charge is -2.43. The third kappa shape index (κ3) is 18.4. The fraction of sp³-hybridized carbons (Fsp3) is 0.786. The minimum atomic E-state index is -1.08. The number of carboxylic acids is 1. The predicted molar refractivity (Wildman–Crippen MR) is 318 cm³/mol. The summed E-state index contributed by atoms with van der Waals surface area (Å²) in [6.45, 7) is 5.17. The van der Waals surface area contributed by atoms with E-state index in [0.717, 1.165) is 82.8 Å². The predicted octanol–water partition coefficient (Wildman–Crippen LogP) is 0.373. The Morgan fingerprint density at radius 3 is 1.87 bits per heavy atom. The van der Waals surface area contributed by atoms with Gasteiger partial charge in [0.25, 0.3) is 0 Å². The van der Waals surface area contributed by atoms with Crippen LogP contribution in [0.15, 0.2) is 0 Å². The number of likely N-dealkylation sites (N-methyl/N-ethyl adjacent to an activating group) is 2. The van der Waals surface area contributed by atoms with Gasteiger partial charge >= 0.3 is 12.0 Å². The maximum absolute atomic E-state index is 14.4. The molecule has 28 heteroatoms. The second kappa shape index (κ2) is 32.8. The molecule has 6 aliphatic heterocycles. The van der Waals surface area contributed by atoms with E-state index in [4.69, 9.17) is 26.4 Å². The summed E-state index contributed by atoms with van der Waals surface area (Å²) in [7, 11) is 3.09. The third-order valence-corrected chi connectivity index (χ3v) is 18.7. The molecule has 6 aliphatic rings. The van der Waals surface area contributed by atoms with E-state index >= 15 is 0 Å². The fourth-order valence-corrected chi connectivity index (χ4v) is 13.5. The molecule has 1 aromatic heterocycles. The van der Waals surface area contributed by atoms with Crippen LogP contribution >= 0.6 is 11.8 Å². The van der Waals surface area contributed by atoms with E-state index in [1.54, 1.807) is 11.9 Å². The molecule has 9 N–H and O–H groups in total. The van der Waals surface area contributed by atoms with Gasteiger partial charge in [-0.05, 0) is 83.7 Å². The minimum Gasteiger partial charge on any atom is -0.481 e. The zero-order chi connectivity index (χ0) is 60.1. The molecule has 468 valence electrons. The topological polar surface area (TPSA) is 339 Å². The number of carbonyl (C=O) groups is 9. The summed E-state index contributed by atoms with van der Waals surface area (Å²) in [5.74, 6) is -0.343. The van der Waals surface area contributed by atoms with Crippen LogP contribution in [0.5, 0.6) is 0 Å². The van der Waals surface area contributed by atoms with Crippen LogP contribution in [0.4, 0.5) is 22.6 Å². The Morgan fingerprint density at radius 2 is 1.23 bits per heavy atom. The summed E-state index contributed by atoms with van der Waals surface area (Å²) in [5, 5.41) is 22.2. The van der Waals surface area contributed by atoms with E-state index in [9.17, 15) is 48.3 Å². The smallest absolute Gasteiger partial charge is 0.315 e. The molecule has 84 heavy (non-hydrogen) atoms. The van der Waals surface area contributed by atoms with Crippen LogP contribution in [0, 0.1) is 0 Å². The van der Waals surface area contributed by atoms with Crippen molar-refractivity contribution in [3.63, 3.8) is 0 Å². The number of urea groups is 1. The molecule has 9 amide bonds. The normalized spacial score (nSPS) is 21.9. The van der Waals surface area contributed by atoms with Crippen molar-refractivity contribution in [1.82, 2.24) is 60.3 Å². The second-order valence-electron chi connectivity index (χ2n) is 23.1. The maximum Gasteiger partial charge on any atom is 0.315 e. The Labute approximate surface area is 498 Å². The van der Waals surface area contributed by atoms with Gasteiger partial charge in [0.15, 0.2) is 0 Å². The molecule has 6 fully saturated rings. The first-order chi connectivity index (χ1) is 40.6. The molecule has 0 unspecified atom stereocenters. The van der Waals surface area contributed by atoms with Gasteiger partial charge in [-0.2, -0.15) is 26.7 Å². The number of anilines is 3. The summed E-state index contributed by atoms with van der Waals surface area (Å²) in [6.07, 6.45) is 14.1. The van der Waals surface area contributed by atoms with Crippen molar-refractivity contribution < 1.29 is 48.3 Å². The Bertz CT molecular complexity index is 2410. The van der Waals surface area contributed by atoms with Crippen molar-refractivity contribution in [2.75, 3.05) is 133 Å². The lowest BCUT2D eigenvalue weighted by molar-refractivity contribution is -0.161. The van der Waals surface area contributed by atoms with Crippen molar-refractivity contribution in [2.24, 2.45) is 11.5 Å². The lowest BCUT2D eigenvalue weighted by Crippen LogP contribution is -2.64. The number of nitrogens with two attached hydrogens (primary N) is 2. The number of piperazine rings is 4. The van der Waals surface area contributed by atoms with Gasteiger partial charge < -0.3 is 77.0 Å². The van der Waals surface area contributed by atoms with Crippen molar-refractivity contribution >= 4 is 83.0 Å². The molecule has 0 aromatic carbocycles. The first-order valence-corrected chi connectivity index (χ1v) is 31.9. The number of carboxylic acid groups (broad SMARTS) is 1. The van der Waals surface area contributed by atoms with Crippen molar-refractivity contribution in [3.8, 4) is 0 Å². The molecule has 6 atom stereocenters. The molecular weight excluding hydrogens is 1100 g/mol. The molecule has 1 aromatic rings. The Kier molecular flexibility index (Phi) is 25.5. The molecule has 7 rings (SSSR count). The number of thioether (sulfide) groups is 1. The summed E-state index contributed by atoms with van der Waals surface area (Å²) in [4.78, 5) is 145. The first kappa shape index (κ1) is 65.3. The van der Waals surface area contributed by atoms with Crippen LogP contribution in [0.2, 0.25) is 0 Å². The number of amides is 9. The number of hydrogen-bond donors (Lipinski definition) is 7. The number of aliphatic carboxylic acids is 1. The van der Waals surface area contributed by atoms with E-state index < -0.39 is 30.0 Å². The van der Waals surface area contributed by atoms with Crippen molar-refractivity contribution in [2.45, 2.75) is 164 Å². The summed E-state index contributed by atoms with van der Waals surface area (Å²) < 4.78 is 0. The molecule has 7 heterocycles. The standard InChI is InChI=1S/C56H93N17O10S/c1-66-35-47(77)72(36-45(66)75)40(17-10-13-23-57)50(80)59-25-15-8-6-4-3-5-7-9-20-44(74)68-27-31-70(32-28-68)54-63-53(60-26-16-12-19-43-49-39(38-84-43)61-56(83)62-49)64-55(65-54)71-33-29-69(30-34-71)51(81)42(18-11-14-24-58)73-37-46(76)67(2)41(52(73)82)21-22-48(78)79/h39-43,49H,3-38,57-58H2,1-2H3,(H,59,80)(H,78,79)(H2,61,62,83)(H,60,63,64,65)/t39-,40-,41-,42-,43-,49-/m0/s1. The lowest BCUT2D eigenvalue weighted by atomic mass is 10.00. The summed E-state index contributed by atoms with van der Waals surface area (Å²) >= 11 is 1.89. The monoisotopic (exact) mass is 1200 g/mol. The number of carbonyl (C=O) groups excluding carboxylic acids is 8. The van der Waals surface area contributed by atoms with E-state index in [2.05, 4.69) is 26.2 Å². The van der Waals surface area contributed by atoms with Gasteiger partial charge in [-0.25, -0.2) is 4.79 Å². The van der Waals surface area contributed by atoms with Crippen molar-refractivity contribution in [1.29, 1.82) is 0 Å². The summed E-state index contributed by atoms with van der Waals surface area (Å²) in [5.41, 5.74) is 11.5. The maximum atomic E-state index is 14.4. The molecule has 0 aliphatic carbocycles. The Hall–Kier alpha value is -6.29. The highest BCUT2D eigenvalue weighted by atomic mass is 32.2. The van der Waals surface area contributed by atoms with Gasteiger partial charge in [0.2, 0.25) is 59.2 Å². The average Bonchev–Trinajstić information content (AvgIpc) is 2.23. The van der Waals surface area contributed by atoms with Crippen LogP contribution < -0.4 is 42.5 Å². The highest BCUT2D eigenvalue weighted by molar-refractivity contribution is 8.00. The molecule has 27 nitrogen and oxygen atoms in total. The van der Waals surface area contributed by atoms with Crippen LogP contribution in [-0.2, 0) is 38.4 Å². The SMILES string of the molecule is CN1CC(=O)N([C@@H](CCCCN)C(=O)NCCCCCCCCCCC(=O)N2CCN(c3nc(NCCCC[C@@H]4SC[C@@H]5NC(=O)N[C@@H]54)nc(N4CCN(C(=O)[C@H](CCCCN)N5CC(=O)N(C)[C@@H](CCC(=O)O)C5=O)CC4)n3)CC2)CC1=O. The molecule has 6 saturated heterocycles. The zero-order valence-electron chi connectivity index (χ0n) is 49.5. The minimum absolute atomic E-state index is 0.0246. The van der Waals surface area contributed by atoms with Gasteiger partial charge in [-0.3, -0.25) is 38.4 Å². The quantitative estimate of drug-likeness (QED) is 0.0362. The molecule has 0 spiro atoms. The van der Waals surface area contributed by atoms with Gasteiger partial charge in [-0.15, -0.1) is 0 Å². The van der Waals surface area contributed by atoms with Gasteiger partial charge in [-0.1, -0.05) is 44.9 Å². The number of nitrogens with one attached hydrogen (secondary N) is 4. The molecule has 0 bridgehead atoms. The van der Waals surface area contributed by atoms with Crippen LogP contribution in [-0.4, -0.2) is 256 Å². The van der Waals surface area contributed by atoms with E-state index in [-0.39, 0.29) is 86.0 Å². The highest BCUT2D eigenvalue weighted by Crippen LogP contribution is 2.33. The number of hydrogen-bond acceptors (Lipinski definition) is 18. The Morgan fingerprint density at radius 1 is 0.631 bits per heavy atom. The van der Waals surface area contributed by atoms with Gasteiger partial charge in [0, 0.05) is 103 Å². The fourth-order valence-electron chi connectivity index (χ4n) is 12.0. The van der Waals surface area contributed by atoms with E-state index in [1.807, 2.05) is 21.6 Å². The number of aromatic nitrogens is 3. The van der Waals surface area contributed by atoms with Crippen LogP contribution in [0.3, 0.4) is 0 Å². The average molecular weight is 1200 g/mol. The van der Waals surface area contributed by atoms with E-state index in [1.165, 1.54) is 26.6 Å². The second-order valence-corrected chi connectivity index (χ2v) is 24.4. The van der Waals surface area contributed by atoms with Crippen LogP contribution in [0.25, 0.3) is 0 Å². The first-order valence-electron chi connectivity index (χ1n) is 30.8. The molecular formula is C56H93N17O10S. The Balaban J connectivity index is 0.863.